The van der Waals surface area contributed by atoms with E-state index >= 15 is 0 Å². The van der Waals surface area contributed by atoms with Gasteiger partial charge in [0.15, 0.2) is 5.17 Å². The van der Waals surface area contributed by atoms with E-state index in [1.807, 2.05) is 48.7 Å². The molecule has 9 nitrogen and oxygen atoms in total. The van der Waals surface area contributed by atoms with Crippen LogP contribution in [0.2, 0.25) is 0 Å². The first kappa shape index (κ1) is 26.9. The molecule has 2 saturated heterocycles. The lowest BCUT2D eigenvalue weighted by Crippen LogP contribution is -2.40. The molecule has 3 aliphatic rings. The molecule has 3 aromatic rings. The van der Waals surface area contributed by atoms with E-state index in [9.17, 15) is 13.2 Å². The number of carbonyl (C=O) groups excluding carboxylic acids is 1. The van der Waals surface area contributed by atoms with Crippen LogP contribution in [0.15, 0.2) is 75.6 Å². The number of amides is 1. The minimum absolute atomic E-state index is 0.205. The number of hydrogen-bond donors (Lipinski definition) is 0. The first-order valence-electron chi connectivity index (χ1n) is 13.5. The topological polar surface area (TPSA) is 97.1 Å². The number of piperidine rings is 1. The fourth-order valence-corrected chi connectivity index (χ4v) is 7.60. The lowest BCUT2D eigenvalue weighted by Gasteiger charge is -2.31. The molecule has 0 N–H and O–H groups in total. The number of hydrogen-bond acceptors (Lipinski definition) is 7. The molecule has 1 atom stereocenters. The summed E-state index contributed by atoms with van der Waals surface area (Å²) in [5, 5.41) is 5.60. The number of sulfonamides is 1. The Hall–Kier alpha value is -3.25. The molecule has 4 heterocycles. The number of carbonyl (C=O) groups is 1. The van der Waals surface area contributed by atoms with Crippen molar-refractivity contribution < 1.29 is 17.9 Å². The van der Waals surface area contributed by atoms with Crippen LogP contribution in [0.5, 0.6) is 0 Å². The molecular formula is C29H31N5O4S2. The molecular weight excluding hydrogens is 546 g/mol. The van der Waals surface area contributed by atoms with Crippen LogP contribution < -0.4 is 0 Å². The molecule has 0 spiro atoms. The lowest BCUT2D eigenvalue weighted by atomic mass is 10.0. The van der Waals surface area contributed by atoms with Gasteiger partial charge in [0.05, 0.1) is 28.7 Å². The van der Waals surface area contributed by atoms with E-state index in [-0.39, 0.29) is 10.8 Å². The number of aliphatic imine (C=N–C) groups is 1. The molecule has 1 aromatic heterocycles. The van der Waals surface area contributed by atoms with E-state index in [1.165, 1.54) is 22.5 Å². The number of likely N-dealkylation sites (tertiary alicyclic amines) is 1. The summed E-state index contributed by atoms with van der Waals surface area (Å²) in [7, 11) is -3.68. The number of amidine groups is 1. The summed E-state index contributed by atoms with van der Waals surface area (Å²) in [4.78, 5) is 20.3. The van der Waals surface area contributed by atoms with Gasteiger partial charge < -0.3 is 9.64 Å². The lowest BCUT2D eigenvalue weighted by molar-refractivity contribution is -0.113. The molecule has 208 valence electrons. The van der Waals surface area contributed by atoms with Crippen LogP contribution in [0.25, 0.3) is 23.0 Å². The molecule has 6 rings (SSSR count). The van der Waals surface area contributed by atoms with E-state index in [1.54, 1.807) is 22.9 Å². The largest absolute Gasteiger partial charge is 0.379 e. The summed E-state index contributed by atoms with van der Waals surface area (Å²) in [6, 6.07) is 16.5. The third-order valence-corrected chi connectivity index (χ3v) is 10.2. The van der Waals surface area contributed by atoms with Crippen molar-refractivity contribution in [2.75, 3.05) is 39.4 Å². The van der Waals surface area contributed by atoms with Gasteiger partial charge in [0, 0.05) is 43.5 Å². The Labute approximate surface area is 238 Å². The molecule has 0 aliphatic carbocycles. The maximum Gasteiger partial charge on any atom is 0.286 e. The van der Waals surface area contributed by atoms with Crippen LogP contribution in [0.4, 0.5) is 0 Å². The second-order valence-electron chi connectivity index (χ2n) is 10.3. The highest BCUT2D eigenvalue weighted by molar-refractivity contribution is 8.18. The van der Waals surface area contributed by atoms with Crippen LogP contribution in [0.1, 0.15) is 25.3 Å². The van der Waals surface area contributed by atoms with Gasteiger partial charge in [-0.05, 0) is 60.9 Å². The van der Waals surface area contributed by atoms with Crippen molar-refractivity contribution in [1.29, 1.82) is 0 Å². The highest BCUT2D eigenvalue weighted by atomic mass is 32.2. The Morgan fingerprint density at radius 2 is 1.85 bits per heavy atom. The van der Waals surface area contributed by atoms with Crippen molar-refractivity contribution in [2.45, 2.75) is 24.7 Å². The van der Waals surface area contributed by atoms with E-state index in [4.69, 9.17) is 9.84 Å². The number of morpholine rings is 1. The molecule has 0 radical (unpaired) electrons. The number of benzene rings is 2. The average Bonchev–Trinajstić information content (AvgIpc) is 3.58. The Balaban J connectivity index is 1.37. The third-order valence-electron chi connectivity index (χ3n) is 7.30. The normalized spacial score (nSPS) is 21.7. The van der Waals surface area contributed by atoms with Gasteiger partial charge in [-0.15, -0.1) is 0 Å². The third kappa shape index (κ3) is 5.51. The Kier molecular flexibility index (Phi) is 7.63. The zero-order chi connectivity index (χ0) is 27.7. The summed E-state index contributed by atoms with van der Waals surface area (Å²) >= 11 is 1.39. The van der Waals surface area contributed by atoms with Crippen LogP contribution >= 0.6 is 11.8 Å². The van der Waals surface area contributed by atoms with Gasteiger partial charge >= 0.3 is 0 Å². The van der Waals surface area contributed by atoms with E-state index in [0.29, 0.717) is 53.9 Å². The number of ether oxygens (including phenoxy) is 1. The summed E-state index contributed by atoms with van der Waals surface area (Å²) in [6.07, 6.45) is 5.97. The summed E-state index contributed by atoms with van der Waals surface area (Å²) in [5.41, 5.74) is 2.81. The molecule has 11 heteroatoms. The van der Waals surface area contributed by atoms with Gasteiger partial charge in [-0.1, -0.05) is 37.3 Å². The molecule has 0 saturated carbocycles. The monoisotopic (exact) mass is 577 g/mol. The smallest absolute Gasteiger partial charge is 0.286 e. The summed E-state index contributed by atoms with van der Waals surface area (Å²) < 4.78 is 35.3. The second kappa shape index (κ2) is 11.3. The van der Waals surface area contributed by atoms with E-state index in [2.05, 4.69) is 16.8 Å². The van der Waals surface area contributed by atoms with Gasteiger partial charge in [0.25, 0.3) is 5.91 Å². The fraction of sp³-hybridized carbons (Fsp3) is 0.345. The minimum Gasteiger partial charge on any atom is -0.379 e. The molecule has 2 aromatic carbocycles. The van der Waals surface area contributed by atoms with Crippen molar-refractivity contribution in [3.8, 4) is 16.9 Å². The van der Waals surface area contributed by atoms with Crippen molar-refractivity contribution in [2.24, 2.45) is 10.9 Å². The molecule has 3 aliphatic heterocycles. The predicted octanol–water partition coefficient (Wildman–Crippen LogP) is 4.26. The van der Waals surface area contributed by atoms with Crippen molar-refractivity contribution in [3.63, 3.8) is 0 Å². The SMILES string of the molecule is CC1CCCN(C2=NC(=O)C(=Cc3cn(-c4ccccc4)nc3-c3cccc(S(=O)(=O)N4CCOCC4)c3)S2)C1. The highest BCUT2D eigenvalue weighted by Gasteiger charge is 2.30. The average molecular weight is 578 g/mol. The first-order valence-corrected chi connectivity index (χ1v) is 15.7. The number of thioether (sulfide) groups is 1. The standard InChI is InChI=1S/C29H31N5O4S2/c1-21-7-6-12-32(19-21)29-30-28(35)26(39-29)18-23-20-34(24-9-3-2-4-10-24)31-27(23)22-8-5-11-25(17-22)40(36,37)33-13-15-38-16-14-33/h2-5,8-11,17-18,20-21H,6-7,12-16,19H2,1H3. The number of nitrogens with zero attached hydrogens (tertiary/aromatic N) is 5. The van der Waals surface area contributed by atoms with E-state index in [0.717, 1.165) is 30.4 Å². The highest BCUT2D eigenvalue weighted by Crippen LogP contribution is 2.35. The van der Waals surface area contributed by atoms with Gasteiger partial charge in [0.1, 0.15) is 5.69 Å². The van der Waals surface area contributed by atoms with Crippen LogP contribution in [-0.4, -0.2) is 77.9 Å². The molecule has 1 unspecified atom stereocenters. The molecule has 2 fully saturated rings. The van der Waals surface area contributed by atoms with Crippen molar-refractivity contribution in [1.82, 2.24) is 19.0 Å². The maximum absolute atomic E-state index is 13.4. The van der Waals surface area contributed by atoms with Gasteiger partial charge in [-0.3, -0.25) is 4.79 Å². The predicted molar refractivity (Wildman–Crippen MR) is 157 cm³/mol. The van der Waals surface area contributed by atoms with Crippen LogP contribution in [-0.2, 0) is 19.6 Å². The molecule has 1 amide bonds. The molecule has 0 bridgehead atoms. The van der Waals surface area contributed by atoms with Gasteiger partial charge in [-0.25, -0.2) is 13.1 Å². The second-order valence-corrected chi connectivity index (χ2v) is 13.2. The van der Waals surface area contributed by atoms with Gasteiger partial charge in [0.2, 0.25) is 10.0 Å². The zero-order valence-corrected chi connectivity index (χ0v) is 23.9. The number of rotatable bonds is 5. The summed E-state index contributed by atoms with van der Waals surface area (Å²) in [6.45, 7) is 5.43. The van der Waals surface area contributed by atoms with Gasteiger partial charge in [-0.2, -0.15) is 14.4 Å². The minimum atomic E-state index is -3.68. The summed E-state index contributed by atoms with van der Waals surface area (Å²) in [5.74, 6) is 0.303. The first-order chi connectivity index (χ1) is 19.4. The van der Waals surface area contributed by atoms with Crippen molar-refractivity contribution in [3.05, 3.63) is 71.3 Å². The van der Waals surface area contributed by atoms with Crippen LogP contribution in [0, 0.1) is 5.92 Å². The van der Waals surface area contributed by atoms with Crippen molar-refractivity contribution >= 4 is 38.9 Å². The zero-order valence-electron chi connectivity index (χ0n) is 22.3. The van der Waals surface area contributed by atoms with E-state index < -0.39 is 10.0 Å². The number of aromatic nitrogens is 2. The quantitative estimate of drug-likeness (QED) is 0.418. The maximum atomic E-state index is 13.4. The Bertz CT molecular complexity index is 1580. The fourth-order valence-electron chi connectivity index (χ4n) is 5.21. The molecule has 40 heavy (non-hydrogen) atoms. The Morgan fingerprint density at radius 3 is 2.62 bits per heavy atom. The Morgan fingerprint density at radius 1 is 1.05 bits per heavy atom. The number of para-hydroxylation sites is 1. The van der Waals surface area contributed by atoms with Crippen LogP contribution in [0.3, 0.4) is 0 Å².